The largest absolute Gasteiger partial charge is 0.504 e. The molecule has 0 saturated heterocycles. The van der Waals surface area contributed by atoms with E-state index in [9.17, 15) is 14.7 Å². The highest BCUT2D eigenvalue weighted by atomic mass is 16.5. The Morgan fingerprint density at radius 1 is 1.09 bits per heavy atom. The van der Waals surface area contributed by atoms with E-state index in [-0.39, 0.29) is 17.3 Å². The van der Waals surface area contributed by atoms with Crippen LogP contribution in [-0.4, -0.2) is 31.1 Å². The maximum atomic E-state index is 12.2. The van der Waals surface area contributed by atoms with Gasteiger partial charge in [-0.15, -0.1) is 0 Å². The van der Waals surface area contributed by atoms with Crippen molar-refractivity contribution >= 4 is 17.8 Å². The summed E-state index contributed by atoms with van der Waals surface area (Å²) in [7, 11) is 2.71. The molecule has 0 amide bonds. The summed E-state index contributed by atoms with van der Waals surface area (Å²) in [6, 6.07) is 11.2. The zero-order valence-corrected chi connectivity index (χ0v) is 12.8. The predicted molar refractivity (Wildman–Crippen MR) is 85.8 cm³/mol. The number of methoxy groups -OCH3 is 2. The fourth-order valence-electron chi connectivity index (χ4n) is 2.03. The predicted octanol–water partition coefficient (Wildman–Crippen LogP) is 3.08. The fraction of sp³-hybridized carbons (Fsp3) is 0.111. The van der Waals surface area contributed by atoms with Crippen LogP contribution in [0.15, 0.2) is 48.5 Å². The summed E-state index contributed by atoms with van der Waals surface area (Å²) in [5.74, 6) is -0.560. The van der Waals surface area contributed by atoms with E-state index in [1.165, 1.54) is 38.5 Å². The Kier molecular flexibility index (Phi) is 5.15. The van der Waals surface area contributed by atoms with Crippen molar-refractivity contribution in [1.82, 2.24) is 0 Å². The molecule has 0 heterocycles. The number of rotatable bonds is 5. The smallest absolute Gasteiger partial charge is 0.338 e. The number of ketones is 1. The third-order valence-corrected chi connectivity index (χ3v) is 3.24. The van der Waals surface area contributed by atoms with E-state index in [2.05, 4.69) is 0 Å². The summed E-state index contributed by atoms with van der Waals surface area (Å²) in [5, 5.41) is 9.54. The molecule has 0 bridgehead atoms. The van der Waals surface area contributed by atoms with Crippen LogP contribution in [0.3, 0.4) is 0 Å². The zero-order valence-electron chi connectivity index (χ0n) is 12.8. The van der Waals surface area contributed by atoms with Gasteiger partial charge in [0.2, 0.25) is 0 Å². The molecule has 5 nitrogen and oxygen atoms in total. The van der Waals surface area contributed by atoms with Crippen LogP contribution in [0.4, 0.5) is 0 Å². The van der Waals surface area contributed by atoms with E-state index in [0.29, 0.717) is 16.7 Å². The number of esters is 1. The second-order valence-corrected chi connectivity index (χ2v) is 4.66. The quantitative estimate of drug-likeness (QED) is 0.522. The Morgan fingerprint density at radius 2 is 1.83 bits per heavy atom. The van der Waals surface area contributed by atoms with E-state index in [0.717, 1.165) is 0 Å². The Morgan fingerprint density at radius 3 is 2.52 bits per heavy atom. The fourth-order valence-corrected chi connectivity index (χ4v) is 2.03. The monoisotopic (exact) mass is 312 g/mol. The van der Waals surface area contributed by atoms with Gasteiger partial charge in [0.25, 0.3) is 0 Å². The van der Waals surface area contributed by atoms with Gasteiger partial charge in [0.05, 0.1) is 19.8 Å². The number of hydrogen-bond donors (Lipinski definition) is 1. The number of phenolic OH excluding ortho intramolecular Hbond substituents is 1. The molecule has 0 aliphatic heterocycles. The molecule has 0 radical (unpaired) electrons. The minimum atomic E-state index is -0.469. The lowest BCUT2D eigenvalue weighted by atomic mass is 10.0. The Balaban J connectivity index is 2.27. The number of phenols is 1. The number of ether oxygens (including phenoxy) is 2. The summed E-state index contributed by atoms with van der Waals surface area (Å²) < 4.78 is 9.69. The normalized spacial score (nSPS) is 10.5. The maximum absolute atomic E-state index is 12.2. The minimum Gasteiger partial charge on any atom is -0.504 e. The topological polar surface area (TPSA) is 72.8 Å². The van der Waals surface area contributed by atoms with Crippen molar-refractivity contribution < 1.29 is 24.2 Å². The first-order valence-electron chi connectivity index (χ1n) is 6.83. The number of carbonyl (C=O) groups excluding carboxylic acids is 2. The lowest BCUT2D eigenvalue weighted by Crippen LogP contribution is -2.03. The van der Waals surface area contributed by atoms with Crippen molar-refractivity contribution in [3.63, 3.8) is 0 Å². The maximum Gasteiger partial charge on any atom is 0.338 e. The average Bonchev–Trinajstić information content (AvgIpc) is 2.59. The Labute approximate surface area is 133 Å². The van der Waals surface area contributed by atoms with Gasteiger partial charge in [-0.05, 0) is 35.9 Å². The third-order valence-electron chi connectivity index (χ3n) is 3.24. The molecular weight excluding hydrogens is 296 g/mol. The van der Waals surface area contributed by atoms with E-state index >= 15 is 0 Å². The van der Waals surface area contributed by atoms with Gasteiger partial charge in [-0.1, -0.05) is 24.3 Å². The van der Waals surface area contributed by atoms with Gasteiger partial charge in [-0.25, -0.2) is 4.79 Å². The molecule has 0 unspecified atom stereocenters. The summed E-state index contributed by atoms with van der Waals surface area (Å²) in [5.41, 5.74) is 1.33. The van der Waals surface area contributed by atoms with E-state index < -0.39 is 5.97 Å². The first-order chi connectivity index (χ1) is 11.1. The van der Waals surface area contributed by atoms with Crippen molar-refractivity contribution in [2.75, 3.05) is 14.2 Å². The first kappa shape index (κ1) is 16.3. The van der Waals surface area contributed by atoms with Crippen LogP contribution in [0.2, 0.25) is 0 Å². The van der Waals surface area contributed by atoms with Gasteiger partial charge in [-0.3, -0.25) is 4.79 Å². The number of carbonyl (C=O) groups is 2. The second-order valence-electron chi connectivity index (χ2n) is 4.66. The van der Waals surface area contributed by atoms with Crippen LogP contribution < -0.4 is 4.74 Å². The summed E-state index contributed by atoms with van der Waals surface area (Å²) in [4.78, 5) is 23.9. The van der Waals surface area contributed by atoms with Crippen LogP contribution in [0, 0.1) is 0 Å². The molecule has 2 aromatic rings. The van der Waals surface area contributed by atoms with Crippen LogP contribution in [-0.2, 0) is 4.74 Å². The molecule has 5 heteroatoms. The SMILES string of the molecule is COC(=O)c1ccccc1/C=C/C(=O)c1ccc(O)c(OC)c1. The minimum absolute atomic E-state index is 0.0379. The molecule has 118 valence electrons. The van der Waals surface area contributed by atoms with E-state index in [4.69, 9.17) is 9.47 Å². The summed E-state index contributed by atoms with van der Waals surface area (Å²) >= 11 is 0. The van der Waals surface area contributed by atoms with Crippen molar-refractivity contribution in [3.8, 4) is 11.5 Å². The summed E-state index contributed by atoms with van der Waals surface area (Å²) in [6.45, 7) is 0. The van der Waals surface area contributed by atoms with Gasteiger partial charge < -0.3 is 14.6 Å². The summed E-state index contributed by atoms with van der Waals surface area (Å²) in [6.07, 6.45) is 2.90. The van der Waals surface area contributed by atoms with Gasteiger partial charge in [0.15, 0.2) is 17.3 Å². The highest BCUT2D eigenvalue weighted by molar-refractivity contribution is 6.07. The van der Waals surface area contributed by atoms with Gasteiger partial charge in [-0.2, -0.15) is 0 Å². The molecule has 0 aromatic heterocycles. The van der Waals surface area contributed by atoms with Crippen molar-refractivity contribution in [3.05, 3.63) is 65.2 Å². The lowest BCUT2D eigenvalue weighted by Gasteiger charge is -2.05. The lowest BCUT2D eigenvalue weighted by molar-refractivity contribution is 0.0600. The van der Waals surface area contributed by atoms with E-state index in [1.54, 1.807) is 30.3 Å². The third kappa shape index (κ3) is 3.77. The Bertz CT molecular complexity index is 762. The van der Waals surface area contributed by atoms with Crippen molar-refractivity contribution in [1.29, 1.82) is 0 Å². The van der Waals surface area contributed by atoms with Crippen LogP contribution in [0.5, 0.6) is 11.5 Å². The number of hydrogen-bond acceptors (Lipinski definition) is 5. The molecule has 1 N–H and O–H groups in total. The van der Waals surface area contributed by atoms with Crippen LogP contribution in [0.25, 0.3) is 6.08 Å². The van der Waals surface area contributed by atoms with Crippen molar-refractivity contribution in [2.24, 2.45) is 0 Å². The van der Waals surface area contributed by atoms with Gasteiger partial charge in [0.1, 0.15) is 0 Å². The highest BCUT2D eigenvalue weighted by Gasteiger charge is 2.10. The molecule has 2 rings (SSSR count). The number of allylic oxidation sites excluding steroid dienone is 1. The Hall–Kier alpha value is -3.08. The molecule has 0 aliphatic rings. The van der Waals surface area contributed by atoms with Crippen LogP contribution in [0.1, 0.15) is 26.3 Å². The first-order valence-corrected chi connectivity index (χ1v) is 6.83. The van der Waals surface area contributed by atoms with Gasteiger partial charge in [0, 0.05) is 5.56 Å². The molecule has 2 aromatic carbocycles. The molecule has 0 aliphatic carbocycles. The zero-order chi connectivity index (χ0) is 16.8. The molecule has 0 saturated carbocycles. The highest BCUT2D eigenvalue weighted by Crippen LogP contribution is 2.26. The molecule has 0 atom stereocenters. The second kappa shape index (κ2) is 7.26. The molecule has 0 fully saturated rings. The number of benzene rings is 2. The average molecular weight is 312 g/mol. The standard InChI is InChI=1S/C18H16O5/c1-22-17-11-13(8-10-16(17)20)15(19)9-7-12-5-3-4-6-14(12)18(21)23-2/h3-11,20H,1-2H3/b9-7+. The number of aromatic hydroxyl groups is 1. The molecule has 23 heavy (non-hydrogen) atoms. The molecular formula is C18H16O5. The van der Waals surface area contributed by atoms with Crippen molar-refractivity contribution in [2.45, 2.75) is 0 Å². The van der Waals surface area contributed by atoms with E-state index in [1.807, 2.05) is 0 Å². The van der Waals surface area contributed by atoms with Crippen LogP contribution >= 0.6 is 0 Å². The molecule has 0 spiro atoms. The van der Waals surface area contributed by atoms with Gasteiger partial charge >= 0.3 is 5.97 Å².